The van der Waals surface area contributed by atoms with Crippen molar-refractivity contribution >= 4 is 27.8 Å². The molecule has 3 N–H and O–H groups in total. The molecule has 6 nitrogen and oxygen atoms in total. The maximum absolute atomic E-state index is 11.6. The van der Waals surface area contributed by atoms with E-state index in [0.29, 0.717) is 4.73 Å². The number of aromatic nitrogens is 3. The summed E-state index contributed by atoms with van der Waals surface area (Å²) >= 11 is 3.17. The Labute approximate surface area is 103 Å². The van der Waals surface area contributed by atoms with Crippen molar-refractivity contribution < 1.29 is 4.79 Å². The second kappa shape index (κ2) is 5.83. The number of nitrogen functional groups attached to an aromatic ring is 1. The molecule has 16 heavy (non-hydrogen) atoms. The summed E-state index contributed by atoms with van der Waals surface area (Å²) in [5.41, 5.74) is 5.40. The maximum atomic E-state index is 11.6. The highest BCUT2D eigenvalue weighted by Gasteiger charge is 2.11. The van der Waals surface area contributed by atoms with Gasteiger partial charge in [-0.25, -0.2) is 4.68 Å². The smallest absolute Gasteiger partial charge is 0.242 e. The summed E-state index contributed by atoms with van der Waals surface area (Å²) in [5.74, 6) is 0.0628. The first-order valence-corrected chi connectivity index (χ1v) is 5.97. The quantitative estimate of drug-likeness (QED) is 0.844. The van der Waals surface area contributed by atoms with Gasteiger partial charge in [-0.1, -0.05) is 13.3 Å². The van der Waals surface area contributed by atoms with Crippen LogP contribution in [0.5, 0.6) is 0 Å². The lowest BCUT2D eigenvalue weighted by atomic mass is 10.2. The van der Waals surface area contributed by atoms with Crippen LogP contribution in [0.4, 0.5) is 5.95 Å². The zero-order valence-electron chi connectivity index (χ0n) is 9.40. The summed E-state index contributed by atoms with van der Waals surface area (Å²) in [4.78, 5) is 15.4. The average Bonchev–Trinajstić information content (AvgIpc) is 2.44. The largest absolute Gasteiger partial charge is 0.366 e. The van der Waals surface area contributed by atoms with E-state index in [0.717, 1.165) is 12.8 Å². The summed E-state index contributed by atoms with van der Waals surface area (Å²) in [6.45, 7) is 4.18. The molecule has 0 fully saturated rings. The Hall–Kier alpha value is -1.11. The summed E-state index contributed by atoms with van der Waals surface area (Å²) in [5, 5.41) is 6.76. The Morgan fingerprint density at radius 2 is 2.38 bits per heavy atom. The van der Waals surface area contributed by atoms with Gasteiger partial charge in [-0.3, -0.25) is 4.79 Å². The molecule has 0 aromatic carbocycles. The van der Waals surface area contributed by atoms with Gasteiger partial charge in [0.1, 0.15) is 6.54 Å². The van der Waals surface area contributed by atoms with E-state index in [2.05, 4.69) is 38.3 Å². The van der Waals surface area contributed by atoms with Crippen LogP contribution in [0.25, 0.3) is 0 Å². The number of hydrogen-bond acceptors (Lipinski definition) is 4. The standard InChI is InChI=1S/C9H16BrN5O/c1-3-4-6(2)12-7(16)5-15-8(10)13-9(11)14-15/h6H,3-5H2,1-2H3,(H2,11,14)(H,12,16). The maximum Gasteiger partial charge on any atom is 0.242 e. The van der Waals surface area contributed by atoms with Gasteiger partial charge in [-0.2, -0.15) is 4.98 Å². The molecular formula is C9H16BrN5O. The van der Waals surface area contributed by atoms with Crippen LogP contribution < -0.4 is 11.1 Å². The van der Waals surface area contributed by atoms with Crippen molar-refractivity contribution in [3.05, 3.63) is 4.73 Å². The van der Waals surface area contributed by atoms with Crippen molar-refractivity contribution in [3.63, 3.8) is 0 Å². The topological polar surface area (TPSA) is 85.8 Å². The number of nitrogens with one attached hydrogen (secondary N) is 1. The number of carbonyl (C=O) groups excluding carboxylic acids is 1. The minimum atomic E-state index is -0.0912. The van der Waals surface area contributed by atoms with Crippen LogP contribution in [0.1, 0.15) is 26.7 Å². The van der Waals surface area contributed by atoms with Crippen LogP contribution in [0.3, 0.4) is 0 Å². The molecular weight excluding hydrogens is 274 g/mol. The predicted molar refractivity (Wildman–Crippen MR) is 64.6 cm³/mol. The summed E-state index contributed by atoms with van der Waals surface area (Å²) in [7, 11) is 0. The predicted octanol–water partition coefficient (Wildman–Crippen LogP) is 0.928. The number of nitrogens with zero attached hydrogens (tertiary/aromatic N) is 3. The molecule has 0 radical (unpaired) electrons. The molecule has 0 aliphatic heterocycles. The number of amides is 1. The number of halogens is 1. The second-order valence-corrected chi connectivity index (χ2v) is 4.36. The lowest BCUT2D eigenvalue weighted by molar-refractivity contribution is -0.122. The van der Waals surface area contributed by atoms with Gasteiger partial charge < -0.3 is 11.1 Å². The van der Waals surface area contributed by atoms with Crippen LogP contribution in [0.15, 0.2) is 4.73 Å². The molecule has 1 atom stereocenters. The normalized spacial score (nSPS) is 12.4. The molecule has 0 saturated heterocycles. The van der Waals surface area contributed by atoms with E-state index in [9.17, 15) is 4.79 Å². The lowest BCUT2D eigenvalue weighted by Crippen LogP contribution is -2.35. The van der Waals surface area contributed by atoms with Gasteiger partial charge in [0.25, 0.3) is 0 Å². The Morgan fingerprint density at radius 3 is 2.88 bits per heavy atom. The number of nitrogens with two attached hydrogens (primary N) is 1. The average molecular weight is 290 g/mol. The van der Waals surface area contributed by atoms with Crippen LogP contribution in [-0.2, 0) is 11.3 Å². The van der Waals surface area contributed by atoms with E-state index in [1.54, 1.807) is 0 Å². The highest BCUT2D eigenvalue weighted by atomic mass is 79.9. The van der Waals surface area contributed by atoms with E-state index in [1.807, 2.05) is 6.92 Å². The van der Waals surface area contributed by atoms with E-state index in [-0.39, 0.29) is 24.4 Å². The molecule has 0 bridgehead atoms. The van der Waals surface area contributed by atoms with Gasteiger partial charge in [0.2, 0.25) is 11.9 Å². The molecule has 1 amide bonds. The van der Waals surface area contributed by atoms with Crippen LogP contribution in [0.2, 0.25) is 0 Å². The van der Waals surface area contributed by atoms with Gasteiger partial charge in [0.15, 0.2) is 4.73 Å². The number of carbonyl (C=O) groups is 1. The Kier molecular flexibility index (Phi) is 4.72. The molecule has 1 unspecified atom stereocenters. The highest BCUT2D eigenvalue weighted by molar-refractivity contribution is 9.10. The van der Waals surface area contributed by atoms with E-state index in [4.69, 9.17) is 5.73 Å². The first-order chi connectivity index (χ1) is 7.52. The molecule has 0 saturated carbocycles. The zero-order valence-corrected chi connectivity index (χ0v) is 11.0. The van der Waals surface area contributed by atoms with Crippen LogP contribution in [-0.4, -0.2) is 26.7 Å². The molecule has 0 spiro atoms. The SMILES string of the molecule is CCCC(C)NC(=O)Cn1nc(N)nc1Br. The van der Waals surface area contributed by atoms with Crippen molar-refractivity contribution in [1.29, 1.82) is 0 Å². The van der Waals surface area contributed by atoms with Crippen LogP contribution in [0, 0.1) is 0 Å². The fourth-order valence-electron chi connectivity index (χ4n) is 1.40. The van der Waals surface area contributed by atoms with Gasteiger partial charge in [-0.05, 0) is 29.3 Å². The molecule has 1 rings (SSSR count). The molecule has 1 aromatic heterocycles. The lowest BCUT2D eigenvalue weighted by Gasteiger charge is -2.12. The Bertz CT molecular complexity index is 365. The minimum Gasteiger partial charge on any atom is -0.366 e. The van der Waals surface area contributed by atoms with Gasteiger partial charge in [0.05, 0.1) is 0 Å². The zero-order chi connectivity index (χ0) is 12.1. The fourth-order valence-corrected chi connectivity index (χ4v) is 1.79. The van der Waals surface area contributed by atoms with E-state index in [1.165, 1.54) is 4.68 Å². The molecule has 0 aliphatic carbocycles. The minimum absolute atomic E-state index is 0.0912. The van der Waals surface area contributed by atoms with Crippen molar-refractivity contribution in [2.24, 2.45) is 0 Å². The van der Waals surface area contributed by atoms with E-state index < -0.39 is 0 Å². The summed E-state index contributed by atoms with van der Waals surface area (Å²) < 4.78 is 1.88. The molecule has 0 aliphatic rings. The first kappa shape index (κ1) is 13.0. The number of hydrogen-bond donors (Lipinski definition) is 2. The monoisotopic (exact) mass is 289 g/mol. The molecule has 90 valence electrons. The van der Waals surface area contributed by atoms with Gasteiger partial charge >= 0.3 is 0 Å². The van der Waals surface area contributed by atoms with Crippen molar-refractivity contribution in [2.75, 3.05) is 5.73 Å². The summed E-state index contributed by atoms with van der Waals surface area (Å²) in [6.07, 6.45) is 2.01. The van der Waals surface area contributed by atoms with Gasteiger partial charge in [-0.15, -0.1) is 5.10 Å². The Morgan fingerprint density at radius 1 is 1.69 bits per heavy atom. The number of anilines is 1. The third-order valence-corrected chi connectivity index (χ3v) is 2.65. The molecule has 7 heteroatoms. The number of rotatable bonds is 5. The van der Waals surface area contributed by atoms with Crippen molar-refractivity contribution in [3.8, 4) is 0 Å². The summed E-state index contributed by atoms with van der Waals surface area (Å²) in [6, 6.07) is 0.178. The van der Waals surface area contributed by atoms with Crippen molar-refractivity contribution in [2.45, 2.75) is 39.3 Å². The highest BCUT2D eigenvalue weighted by Crippen LogP contribution is 2.07. The first-order valence-electron chi connectivity index (χ1n) is 5.18. The molecule has 1 aromatic rings. The second-order valence-electron chi connectivity index (χ2n) is 3.65. The third kappa shape index (κ3) is 3.80. The Balaban J connectivity index is 2.48. The van der Waals surface area contributed by atoms with Crippen LogP contribution >= 0.6 is 15.9 Å². The molecule has 1 heterocycles. The third-order valence-electron chi connectivity index (χ3n) is 2.07. The van der Waals surface area contributed by atoms with E-state index >= 15 is 0 Å². The fraction of sp³-hybridized carbons (Fsp3) is 0.667. The van der Waals surface area contributed by atoms with Crippen molar-refractivity contribution in [1.82, 2.24) is 20.1 Å². The van der Waals surface area contributed by atoms with Gasteiger partial charge in [0, 0.05) is 6.04 Å².